The number of benzene rings is 8. The highest BCUT2D eigenvalue weighted by molar-refractivity contribution is 6.10. The molecule has 10 aromatic rings. The van der Waals surface area contributed by atoms with Crippen molar-refractivity contribution < 1.29 is 9.15 Å². The first-order chi connectivity index (χ1) is 28.8. The minimum atomic E-state index is 0.0446. The van der Waals surface area contributed by atoms with Gasteiger partial charge >= 0.3 is 0 Å². The Bertz CT molecular complexity index is 3200. The van der Waals surface area contributed by atoms with E-state index in [0.717, 1.165) is 72.7 Å². The molecule has 1 aliphatic heterocycles. The van der Waals surface area contributed by atoms with E-state index in [1.807, 2.05) is 12.1 Å². The monoisotopic (exact) mass is 744 g/mol. The van der Waals surface area contributed by atoms with Gasteiger partial charge in [0.1, 0.15) is 23.0 Å². The molecule has 0 fully saturated rings. The molecule has 12 rings (SSSR count). The normalized spacial score (nSPS) is 15.6. The molecule has 3 heterocycles. The molecule has 1 aliphatic carbocycles. The van der Waals surface area contributed by atoms with Crippen LogP contribution in [0.3, 0.4) is 0 Å². The van der Waals surface area contributed by atoms with E-state index in [9.17, 15) is 0 Å². The third kappa shape index (κ3) is 5.08. The number of rotatable bonds is 6. The quantitative estimate of drug-likeness (QED) is 0.170. The highest BCUT2D eigenvalue weighted by atomic mass is 16.5. The van der Waals surface area contributed by atoms with Crippen molar-refractivity contribution in [2.75, 3.05) is 4.90 Å². The summed E-state index contributed by atoms with van der Waals surface area (Å²) in [4.78, 5) is 2.33. The van der Waals surface area contributed by atoms with Gasteiger partial charge in [-0.25, -0.2) is 0 Å². The Labute approximate surface area is 335 Å². The largest absolute Gasteiger partial charge is 0.484 e. The number of nitrogens with zero attached hydrogens (tertiary/aromatic N) is 2. The summed E-state index contributed by atoms with van der Waals surface area (Å²) in [5.74, 6) is 1.23. The van der Waals surface area contributed by atoms with Crippen LogP contribution in [-0.2, 0) is 0 Å². The molecule has 2 aliphatic rings. The van der Waals surface area contributed by atoms with E-state index >= 15 is 0 Å². The molecule has 274 valence electrons. The summed E-state index contributed by atoms with van der Waals surface area (Å²) in [6.07, 6.45) is 8.65. The number of anilines is 3. The van der Waals surface area contributed by atoms with Crippen molar-refractivity contribution in [2.24, 2.45) is 0 Å². The van der Waals surface area contributed by atoms with Gasteiger partial charge in [-0.1, -0.05) is 133 Å². The highest BCUT2D eigenvalue weighted by Gasteiger charge is 2.33. The summed E-state index contributed by atoms with van der Waals surface area (Å²) < 4.78 is 15.3. The summed E-state index contributed by atoms with van der Waals surface area (Å²) in [5, 5.41) is 4.77. The molecule has 0 saturated carbocycles. The second kappa shape index (κ2) is 13.0. The Morgan fingerprint density at radius 3 is 1.71 bits per heavy atom. The molecule has 2 aromatic heterocycles. The third-order valence-electron chi connectivity index (χ3n) is 12.0. The molecule has 58 heavy (non-hydrogen) atoms. The summed E-state index contributed by atoms with van der Waals surface area (Å²) in [6.45, 7) is 0. The van der Waals surface area contributed by atoms with E-state index in [1.165, 1.54) is 27.4 Å². The molecule has 0 radical (unpaired) electrons. The molecule has 4 nitrogen and oxygen atoms in total. The molecule has 0 spiro atoms. The molecule has 0 amide bonds. The number of ether oxygens (including phenoxy) is 1. The minimum Gasteiger partial charge on any atom is -0.484 e. The van der Waals surface area contributed by atoms with Gasteiger partial charge in [0.2, 0.25) is 0 Å². The molecule has 2 atom stereocenters. The molecule has 0 bridgehead atoms. The smallest absolute Gasteiger partial charge is 0.143 e. The van der Waals surface area contributed by atoms with Crippen LogP contribution in [0.1, 0.15) is 11.5 Å². The number of hydrogen-bond donors (Lipinski definition) is 0. The van der Waals surface area contributed by atoms with Crippen LogP contribution in [0.15, 0.2) is 211 Å². The maximum absolute atomic E-state index is 6.54. The van der Waals surface area contributed by atoms with Crippen LogP contribution in [0.4, 0.5) is 17.1 Å². The van der Waals surface area contributed by atoms with Crippen LogP contribution in [0.25, 0.3) is 71.7 Å². The Morgan fingerprint density at radius 1 is 0.448 bits per heavy atom. The summed E-state index contributed by atoms with van der Waals surface area (Å²) >= 11 is 0. The van der Waals surface area contributed by atoms with Crippen molar-refractivity contribution in [1.29, 1.82) is 0 Å². The maximum Gasteiger partial charge on any atom is 0.143 e. The van der Waals surface area contributed by atoms with Crippen LogP contribution in [0.5, 0.6) is 5.75 Å². The predicted octanol–water partition coefficient (Wildman–Crippen LogP) is 14.5. The van der Waals surface area contributed by atoms with Crippen molar-refractivity contribution in [3.8, 4) is 33.7 Å². The lowest BCUT2D eigenvalue weighted by molar-refractivity contribution is 0.270. The van der Waals surface area contributed by atoms with Crippen molar-refractivity contribution in [3.05, 3.63) is 212 Å². The number of hydrogen-bond acceptors (Lipinski definition) is 3. The topological polar surface area (TPSA) is 30.5 Å². The van der Waals surface area contributed by atoms with Gasteiger partial charge in [0.25, 0.3) is 0 Å². The lowest BCUT2D eigenvalue weighted by Crippen LogP contribution is -2.15. The summed E-state index contributed by atoms with van der Waals surface area (Å²) in [5.41, 5.74) is 14.2. The lowest BCUT2D eigenvalue weighted by atomic mass is 9.90. The fourth-order valence-corrected chi connectivity index (χ4v) is 9.25. The fourth-order valence-electron chi connectivity index (χ4n) is 9.25. The van der Waals surface area contributed by atoms with Gasteiger partial charge in [-0.2, -0.15) is 0 Å². The van der Waals surface area contributed by atoms with Crippen molar-refractivity contribution in [2.45, 2.75) is 12.0 Å². The van der Waals surface area contributed by atoms with E-state index in [4.69, 9.17) is 9.15 Å². The van der Waals surface area contributed by atoms with E-state index in [-0.39, 0.29) is 12.0 Å². The average molecular weight is 745 g/mol. The Balaban J connectivity index is 0.954. The van der Waals surface area contributed by atoms with Crippen LogP contribution < -0.4 is 9.64 Å². The molecule has 2 unspecified atom stereocenters. The van der Waals surface area contributed by atoms with Crippen LogP contribution in [0.2, 0.25) is 0 Å². The number of allylic oxidation sites excluding steroid dienone is 2. The zero-order chi connectivity index (χ0) is 38.2. The first-order valence-electron chi connectivity index (χ1n) is 19.9. The minimum absolute atomic E-state index is 0.0446. The fraction of sp³-hybridized carbons (Fsp3) is 0.0370. The number of fused-ring (bicyclic) bond motifs is 9. The van der Waals surface area contributed by atoms with E-state index < -0.39 is 0 Å². The van der Waals surface area contributed by atoms with Crippen molar-refractivity contribution in [1.82, 2.24) is 4.57 Å². The van der Waals surface area contributed by atoms with Gasteiger partial charge in [0.15, 0.2) is 0 Å². The predicted molar refractivity (Wildman–Crippen MR) is 239 cm³/mol. The van der Waals surface area contributed by atoms with Crippen molar-refractivity contribution in [3.63, 3.8) is 0 Å². The Kier molecular flexibility index (Phi) is 7.32. The molecule has 8 aromatic carbocycles. The zero-order valence-corrected chi connectivity index (χ0v) is 31.5. The van der Waals surface area contributed by atoms with Crippen LogP contribution in [0, 0.1) is 0 Å². The average Bonchev–Trinajstić information content (AvgIpc) is 3.97. The van der Waals surface area contributed by atoms with Gasteiger partial charge in [-0.15, -0.1) is 0 Å². The number of furan rings is 1. The van der Waals surface area contributed by atoms with E-state index in [2.05, 4.69) is 204 Å². The molecular formula is C54H36N2O2. The van der Waals surface area contributed by atoms with Gasteiger partial charge < -0.3 is 18.6 Å². The first kappa shape index (κ1) is 32.7. The number of aromatic nitrogens is 1. The molecule has 4 heteroatoms. The van der Waals surface area contributed by atoms with Crippen LogP contribution in [-0.4, -0.2) is 10.7 Å². The SMILES string of the molecule is C1=CC2Oc3c(-c4ccc(N(c5ccc(-c6cccc7c6oc6ccccc67)cc5)c5ccc(-n6c7ccccc7c7ccccc76)cc5)cc4)cccc3C2C=C1. The maximum atomic E-state index is 6.54. The molecule has 0 saturated heterocycles. The summed E-state index contributed by atoms with van der Waals surface area (Å²) in [6, 6.07) is 65.2. The van der Waals surface area contributed by atoms with Gasteiger partial charge in [-0.05, 0) is 83.9 Å². The second-order valence-electron chi connectivity index (χ2n) is 15.2. The Hall–Kier alpha value is -7.56. The molecule has 0 N–H and O–H groups in total. The summed E-state index contributed by atoms with van der Waals surface area (Å²) in [7, 11) is 0. The van der Waals surface area contributed by atoms with E-state index in [1.54, 1.807) is 0 Å². The van der Waals surface area contributed by atoms with Gasteiger partial charge in [0, 0.05) is 66.9 Å². The number of para-hydroxylation sites is 5. The van der Waals surface area contributed by atoms with Crippen LogP contribution >= 0.6 is 0 Å². The Morgan fingerprint density at radius 2 is 1.00 bits per heavy atom. The standard InChI is InChI=1S/C54H36N2O2/c1-5-19-49-43(11-1)44-12-2-6-20-50(44)56(49)40-33-31-39(32-34-40)55(37-27-23-35(24-28-37)41-15-9-17-47-45-13-3-7-21-51(45)57-53(41)47)38-29-25-36(26-30-38)42-16-10-18-48-46-14-4-8-22-52(46)58-54(42)48/h1-34,45,51H. The molecular weight excluding hydrogens is 709 g/mol. The van der Waals surface area contributed by atoms with Gasteiger partial charge in [-0.3, -0.25) is 0 Å². The lowest BCUT2D eigenvalue weighted by Gasteiger charge is -2.26. The second-order valence-corrected chi connectivity index (χ2v) is 15.2. The third-order valence-corrected chi connectivity index (χ3v) is 12.0. The zero-order valence-electron chi connectivity index (χ0n) is 31.5. The van der Waals surface area contributed by atoms with Crippen molar-refractivity contribution >= 4 is 60.8 Å². The first-order valence-corrected chi connectivity index (χ1v) is 19.9. The van der Waals surface area contributed by atoms with Gasteiger partial charge in [0.05, 0.1) is 11.0 Å². The van der Waals surface area contributed by atoms with E-state index in [0.29, 0.717) is 0 Å². The highest BCUT2D eigenvalue weighted by Crippen LogP contribution is 2.47.